The van der Waals surface area contributed by atoms with Crippen molar-refractivity contribution in [2.75, 3.05) is 13.3 Å². The predicted octanol–water partition coefficient (Wildman–Crippen LogP) is 3.11. The Hall–Kier alpha value is -2.83. The van der Waals surface area contributed by atoms with Crippen molar-refractivity contribution in [1.29, 1.82) is 0 Å². The molecule has 3 aliphatic rings. The fourth-order valence-electron chi connectivity index (χ4n) is 4.33. The molecule has 4 heterocycles. The van der Waals surface area contributed by atoms with Crippen LogP contribution in [0.25, 0.3) is 6.08 Å². The molecule has 1 saturated heterocycles. The van der Waals surface area contributed by atoms with Gasteiger partial charge in [-0.2, -0.15) is 0 Å². The highest BCUT2D eigenvalue weighted by atomic mass is 16.7. The van der Waals surface area contributed by atoms with Crippen LogP contribution in [0.4, 0.5) is 0 Å². The summed E-state index contributed by atoms with van der Waals surface area (Å²) in [6.45, 7) is 1.97. The molecule has 7 heteroatoms. The second kappa shape index (κ2) is 7.30. The molecule has 3 aliphatic heterocycles. The van der Waals surface area contributed by atoms with Crippen molar-refractivity contribution < 1.29 is 14.3 Å². The Balaban J connectivity index is 1.34. The van der Waals surface area contributed by atoms with Crippen LogP contribution in [0, 0.1) is 0 Å². The van der Waals surface area contributed by atoms with Gasteiger partial charge in [0, 0.05) is 25.6 Å². The van der Waals surface area contributed by atoms with Gasteiger partial charge >= 0.3 is 0 Å². The molecule has 5 rings (SSSR count). The number of amides is 1. The Kier molecular flexibility index (Phi) is 4.50. The highest BCUT2D eigenvalue weighted by molar-refractivity contribution is 5.92. The lowest BCUT2D eigenvalue weighted by molar-refractivity contribution is -0.127. The molecule has 1 atom stereocenters. The molecule has 1 aromatic heterocycles. The summed E-state index contributed by atoms with van der Waals surface area (Å²) in [6.07, 6.45) is 9.97. The van der Waals surface area contributed by atoms with Crippen LogP contribution in [0.15, 0.2) is 24.3 Å². The fraction of sp³-hybridized carbons (Fsp3) is 0.476. The third-order valence-electron chi connectivity index (χ3n) is 5.79. The summed E-state index contributed by atoms with van der Waals surface area (Å²) >= 11 is 0. The van der Waals surface area contributed by atoms with Crippen LogP contribution in [0.3, 0.4) is 0 Å². The predicted molar refractivity (Wildman–Crippen MR) is 103 cm³/mol. The van der Waals surface area contributed by atoms with Crippen LogP contribution in [-0.2, 0) is 17.8 Å². The van der Waals surface area contributed by atoms with E-state index in [0.717, 1.165) is 67.5 Å². The van der Waals surface area contributed by atoms with E-state index in [2.05, 4.69) is 14.8 Å². The first-order valence-electron chi connectivity index (χ1n) is 10.1. The summed E-state index contributed by atoms with van der Waals surface area (Å²) in [5.41, 5.74) is 0.921. The summed E-state index contributed by atoms with van der Waals surface area (Å²) < 4.78 is 13.0. The van der Waals surface area contributed by atoms with E-state index < -0.39 is 0 Å². The first-order valence-corrected chi connectivity index (χ1v) is 10.1. The van der Waals surface area contributed by atoms with Crippen molar-refractivity contribution in [2.24, 2.45) is 0 Å². The molecule has 1 amide bonds. The van der Waals surface area contributed by atoms with Gasteiger partial charge in [-0.3, -0.25) is 4.79 Å². The summed E-state index contributed by atoms with van der Waals surface area (Å²) in [7, 11) is 0. The van der Waals surface area contributed by atoms with E-state index in [0.29, 0.717) is 0 Å². The Morgan fingerprint density at radius 2 is 2.00 bits per heavy atom. The zero-order chi connectivity index (χ0) is 18.9. The van der Waals surface area contributed by atoms with Crippen molar-refractivity contribution in [3.8, 4) is 11.5 Å². The second-order valence-electron chi connectivity index (χ2n) is 7.57. The minimum absolute atomic E-state index is 0.0196. The van der Waals surface area contributed by atoms with Crippen LogP contribution in [0.5, 0.6) is 11.5 Å². The van der Waals surface area contributed by atoms with Crippen LogP contribution in [0.1, 0.15) is 55.4 Å². The van der Waals surface area contributed by atoms with E-state index in [-0.39, 0.29) is 18.7 Å². The Morgan fingerprint density at radius 3 is 2.96 bits per heavy atom. The maximum absolute atomic E-state index is 12.9. The van der Waals surface area contributed by atoms with E-state index in [4.69, 9.17) is 9.47 Å². The molecular formula is C21H24N4O3. The number of ether oxygens (including phenoxy) is 2. The Labute approximate surface area is 164 Å². The molecule has 0 radical (unpaired) electrons. The largest absolute Gasteiger partial charge is 0.454 e. The van der Waals surface area contributed by atoms with E-state index in [1.165, 1.54) is 12.8 Å². The smallest absolute Gasteiger partial charge is 0.247 e. The van der Waals surface area contributed by atoms with Crippen molar-refractivity contribution in [2.45, 2.75) is 51.1 Å². The minimum Gasteiger partial charge on any atom is -0.454 e. The first kappa shape index (κ1) is 17.3. The van der Waals surface area contributed by atoms with Crippen LogP contribution in [0.2, 0.25) is 0 Å². The normalized spacial score (nSPS) is 21.1. The molecule has 0 aliphatic carbocycles. The summed E-state index contributed by atoms with van der Waals surface area (Å²) in [4.78, 5) is 14.9. The van der Waals surface area contributed by atoms with Crippen LogP contribution in [-0.4, -0.2) is 38.9 Å². The molecule has 2 aromatic rings. The molecule has 28 heavy (non-hydrogen) atoms. The van der Waals surface area contributed by atoms with Gasteiger partial charge in [-0.1, -0.05) is 12.5 Å². The summed E-state index contributed by atoms with van der Waals surface area (Å²) in [5.74, 6) is 3.52. The summed E-state index contributed by atoms with van der Waals surface area (Å²) in [5, 5.41) is 8.89. The van der Waals surface area contributed by atoms with Gasteiger partial charge in [0.1, 0.15) is 5.82 Å². The minimum atomic E-state index is 0.0196. The SMILES string of the molecule is O=C(/C=C/c1ccc2c(c1)OCO2)N1CCCC1c1nnc2n1CCCCC2. The number of fused-ring (bicyclic) bond motifs is 2. The number of aromatic nitrogens is 3. The van der Waals surface area contributed by atoms with Crippen molar-refractivity contribution >= 4 is 12.0 Å². The molecule has 1 aromatic carbocycles. The van der Waals surface area contributed by atoms with E-state index in [1.54, 1.807) is 6.08 Å². The number of hydrogen-bond donors (Lipinski definition) is 0. The van der Waals surface area contributed by atoms with Gasteiger partial charge in [0.25, 0.3) is 0 Å². The molecule has 0 spiro atoms. The van der Waals surface area contributed by atoms with Crippen LogP contribution < -0.4 is 9.47 Å². The van der Waals surface area contributed by atoms with Gasteiger partial charge in [-0.25, -0.2) is 0 Å². The van der Waals surface area contributed by atoms with E-state index >= 15 is 0 Å². The maximum Gasteiger partial charge on any atom is 0.247 e. The molecule has 146 valence electrons. The molecular weight excluding hydrogens is 356 g/mol. The van der Waals surface area contributed by atoms with E-state index in [1.807, 2.05) is 29.2 Å². The zero-order valence-corrected chi connectivity index (χ0v) is 15.8. The third kappa shape index (κ3) is 3.15. The lowest BCUT2D eigenvalue weighted by Crippen LogP contribution is -2.30. The van der Waals surface area contributed by atoms with Gasteiger partial charge < -0.3 is 18.9 Å². The number of nitrogens with zero attached hydrogens (tertiary/aromatic N) is 4. The maximum atomic E-state index is 12.9. The highest BCUT2D eigenvalue weighted by Crippen LogP contribution is 2.34. The molecule has 0 bridgehead atoms. The molecule has 0 saturated carbocycles. The standard InChI is InChI=1S/C21H24N4O3/c26-20(10-8-15-7-9-17-18(13-15)28-14-27-17)24-12-4-5-16(24)21-23-22-19-6-2-1-3-11-25(19)21/h7-10,13,16H,1-6,11-12,14H2/b10-8+. The quantitative estimate of drug-likeness (QED) is 0.766. The van der Waals surface area contributed by atoms with E-state index in [9.17, 15) is 4.79 Å². The zero-order valence-electron chi connectivity index (χ0n) is 15.8. The number of carbonyl (C=O) groups is 1. The monoisotopic (exact) mass is 380 g/mol. The lowest BCUT2D eigenvalue weighted by Gasteiger charge is -2.23. The molecule has 1 fully saturated rings. The highest BCUT2D eigenvalue weighted by Gasteiger charge is 2.33. The molecule has 0 N–H and O–H groups in total. The van der Waals surface area contributed by atoms with Gasteiger partial charge in [-0.15, -0.1) is 10.2 Å². The number of hydrogen-bond acceptors (Lipinski definition) is 5. The van der Waals surface area contributed by atoms with Crippen LogP contribution >= 0.6 is 0 Å². The average Bonchev–Trinajstić information content (AvgIpc) is 3.42. The number of carbonyl (C=O) groups excluding carboxylic acids is 1. The average molecular weight is 380 g/mol. The lowest BCUT2D eigenvalue weighted by atomic mass is 10.1. The van der Waals surface area contributed by atoms with Crippen molar-refractivity contribution in [1.82, 2.24) is 19.7 Å². The van der Waals surface area contributed by atoms with Crippen molar-refractivity contribution in [3.05, 3.63) is 41.5 Å². The first-order chi connectivity index (χ1) is 13.8. The van der Waals surface area contributed by atoms with Gasteiger partial charge in [-0.05, 0) is 49.5 Å². The number of aryl methyl sites for hydroxylation is 1. The van der Waals surface area contributed by atoms with Gasteiger partial charge in [0.2, 0.25) is 12.7 Å². The topological polar surface area (TPSA) is 69.5 Å². The number of likely N-dealkylation sites (tertiary alicyclic amines) is 1. The fourth-order valence-corrected chi connectivity index (χ4v) is 4.33. The summed E-state index contributed by atoms with van der Waals surface area (Å²) in [6, 6.07) is 5.72. The Morgan fingerprint density at radius 1 is 1.07 bits per heavy atom. The molecule has 1 unspecified atom stereocenters. The number of benzene rings is 1. The van der Waals surface area contributed by atoms with Crippen molar-refractivity contribution in [3.63, 3.8) is 0 Å². The Bertz CT molecular complexity index is 920. The molecule has 7 nitrogen and oxygen atoms in total. The van der Waals surface area contributed by atoms with Gasteiger partial charge in [0.05, 0.1) is 6.04 Å². The third-order valence-corrected chi connectivity index (χ3v) is 5.79. The van der Waals surface area contributed by atoms with Gasteiger partial charge in [0.15, 0.2) is 17.3 Å². The number of rotatable bonds is 3. The second-order valence-corrected chi connectivity index (χ2v) is 7.57.